The highest BCUT2D eigenvalue weighted by Gasteiger charge is 2.78. The van der Waals surface area contributed by atoms with Gasteiger partial charge in [-0.15, -0.1) is 0 Å². The molecular weight excluding hydrogens is 332 g/mol. The average molecular weight is 352 g/mol. The molecule has 4 aliphatic heterocycles. The predicted molar refractivity (Wildman–Crippen MR) is 92.6 cm³/mol. The minimum atomic E-state index is -0.956. The molecule has 1 spiro atoms. The average Bonchev–Trinajstić information content (AvgIpc) is 3.16. The molecule has 0 radical (unpaired) electrons. The van der Waals surface area contributed by atoms with Gasteiger partial charge in [0.25, 0.3) is 0 Å². The molecule has 0 amide bonds. The number of esters is 1. The molecule has 6 heteroatoms. The maximum atomic E-state index is 13.1. The molecule has 6 bridgehead atoms. The van der Waals surface area contributed by atoms with E-state index in [4.69, 9.17) is 14.6 Å². The van der Waals surface area contributed by atoms with Gasteiger partial charge in [0, 0.05) is 5.92 Å². The first-order valence-electron chi connectivity index (χ1n) is 9.20. The number of rotatable bonds is 1. The van der Waals surface area contributed by atoms with Crippen molar-refractivity contribution in [3.05, 3.63) is 41.5 Å². The van der Waals surface area contributed by atoms with Gasteiger partial charge in [0.2, 0.25) is 0 Å². The molecule has 6 nitrogen and oxygen atoms in total. The molecule has 4 heterocycles. The van der Waals surface area contributed by atoms with E-state index in [1.54, 1.807) is 0 Å². The summed E-state index contributed by atoms with van der Waals surface area (Å²) in [5.74, 6) is -0.762. The summed E-state index contributed by atoms with van der Waals surface area (Å²) in [5, 5.41) is 12.8. The Morgan fingerprint density at radius 2 is 2.27 bits per heavy atom. The summed E-state index contributed by atoms with van der Waals surface area (Å²) in [6.07, 6.45) is 1.91. The lowest BCUT2D eigenvalue weighted by atomic mass is 9.43. The lowest BCUT2D eigenvalue weighted by molar-refractivity contribution is -0.234. The van der Waals surface area contributed by atoms with Crippen LogP contribution in [0.15, 0.2) is 40.9 Å². The molecule has 1 aromatic rings. The molecule has 2 aliphatic carbocycles. The molecule has 6 aliphatic rings. The summed E-state index contributed by atoms with van der Waals surface area (Å²) in [7, 11) is 1.45. The highest BCUT2D eigenvalue weighted by molar-refractivity contribution is 6.10. The number of hydroxylamine groups is 2. The van der Waals surface area contributed by atoms with Crippen LogP contribution in [0.1, 0.15) is 18.9 Å². The van der Waals surface area contributed by atoms with Gasteiger partial charge in [-0.25, -0.2) is 0 Å². The van der Waals surface area contributed by atoms with Crippen molar-refractivity contribution in [2.45, 2.75) is 37.1 Å². The van der Waals surface area contributed by atoms with Crippen molar-refractivity contribution >= 4 is 17.4 Å². The number of carbonyl (C=O) groups excluding carboxylic acids is 1. The number of piperidine rings is 2. The Bertz CT molecular complexity index is 909. The number of aliphatic hydroxyl groups is 1. The first kappa shape index (κ1) is 15.1. The molecule has 2 saturated carbocycles. The number of nitrogens with zero attached hydrogens (tertiary/aromatic N) is 2. The number of methoxy groups -OCH3 is 1. The fourth-order valence-corrected chi connectivity index (χ4v) is 6.62. The topological polar surface area (TPSA) is 71.4 Å². The number of para-hydroxylation sites is 1. The van der Waals surface area contributed by atoms with Crippen LogP contribution in [0.25, 0.3) is 0 Å². The highest BCUT2D eigenvalue weighted by Crippen LogP contribution is 2.69. The molecule has 1 aromatic carbocycles. The van der Waals surface area contributed by atoms with Crippen molar-refractivity contribution in [2.75, 3.05) is 7.11 Å². The van der Waals surface area contributed by atoms with Gasteiger partial charge in [0.15, 0.2) is 6.29 Å². The lowest BCUT2D eigenvalue weighted by Gasteiger charge is -2.63. The van der Waals surface area contributed by atoms with Gasteiger partial charge in [-0.05, 0) is 30.9 Å². The van der Waals surface area contributed by atoms with Crippen molar-refractivity contribution in [1.29, 1.82) is 0 Å². The number of aliphatic imine (C=N–C) groups is 1. The maximum Gasteiger partial charge on any atom is 0.310 e. The molecule has 3 saturated heterocycles. The Hall–Kier alpha value is -2.02. The molecular formula is C20H20N2O4. The summed E-state index contributed by atoms with van der Waals surface area (Å²) >= 11 is 0. The summed E-state index contributed by atoms with van der Waals surface area (Å²) in [6.45, 7) is 2.01. The van der Waals surface area contributed by atoms with E-state index in [1.807, 2.05) is 30.2 Å². The maximum absolute atomic E-state index is 13.1. The third-order valence-corrected chi connectivity index (χ3v) is 7.24. The van der Waals surface area contributed by atoms with E-state index in [0.29, 0.717) is 0 Å². The van der Waals surface area contributed by atoms with Crippen LogP contribution in [0.2, 0.25) is 0 Å². The van der Waals surface area contributed by atoms with Crippen molar-refractivity contribution < 1.29 is 19.5 Å². The molecule has 5 fully saturated rings. The normalized spacial score (nSPS) is 47.7. The zero-order chi connectivity index (χ0) is 17.8. The quantitative estimate of drug-likeness (QED) is 0.615. The summed E-state index contributed by atoms with van der Waals surface area (Å²) in [5.41, 5.74) is 3.46. The number of ether oxygens (including phenoxy) is 1. The smallest absolute Gasteiger partial charge is 0.310 e. The molecule has 8 atom stereocenters. The third-order valence-electron chi connectivity index (χ3n) is 7.24. The second-order valence-corrected chi connectivity index (χ2v) is 7.86. The number of fused-ring (bicyclic) bond motifs is 1. The van der Waals surface area contributed by atoms with Crippen LogP contribution in [-0.4, -0.2) is 47.3 Å². The van der Waals surface area contributed by atoms with E-state index in [-0.39, 0.29) is 35.8 Å². The molecule has 0 aromatic heterocycles. The van der Waals surface area contributed by atoms with E-state index in [2.05, 4.69) is 12.1 Å². The van der Waals surface area contributed by atoms with Gasteiger partial charge < -0.3 is 9.84 Å². The van der Waals surface area contributed by atoms with Crippen molar-refractivity contribution in [3.63, 3.8) is 0 Å². The molecule has 3 unspecified atom stereocenters. The highest BCUT2D eigenvalue weighted by atomic mass is 16.8. The minimum Gasteiger partial charge on any atom is -0.469 e. The fourth-order valence-electron chi connectivity index (χ4n) is 6.62. The van der Waals surface area contributed by atoms with Crippen LogP contribution < -0.4 is 0 Å². The zero-order valence-corrected chi connectivity index (χ0v) is 14.6. The minimum absolute atomic E-state index is 0.00425. The van der Waals surface area contributed by atoms with Crippen molar-refractivity contribution in [1.82, 2.24) is 5.06 Å². The standard InChI is InChI=1S/C20H20N2O4/c1-3-9-10-8-13-17-20(14(10)18(23)25-2,11-6-4-5-7-12(11)21-17)15-16(9)22(13)26-19(15)24/h3-7,10,13-16,19,24H,8H2,1-2H3/b9-3-/t10-,13-,14-,15?,16-,19-,20?/m0/s1. The van der Waals surface area contributed by atoms with Crippen molar-refractivity contribution in [2.24, 2.45) is 22.7 Å². The van der Waals surface area contributed by atoms with E-state index >= 15 is 0 Å². The number of carbonyl (C=O) groups is 1. The second kappa shape index (κ2) is 4.63. The zero-order valence-electron chi connectivity index (χ0n) is 14.6. The number of hydrogen-bond acceptors (Lipinski definition) is 6. The van der Waals surface area contributed by atoms with Gasteiger partial charge in [-0.1, -0.05) is 29.8 Å². The van der Waals surface area contributed by atoms with Crippen LogP contribution in [-0.2, 0) is 19.8 Å². The fraction of sp³-hybridized carbons (Fsp3) is 0.500. The first-order chi connectivity index (χ1) is 12.6. The van der Waals surface area contributed by atoms with Crippen molar-refractivity contribution in [3.8, 4) is 0 Å². The Balaban J connectivity index is 1.71. The Labute approximate surface area is 151 Å². The third kappa shape index (κ3) is 1.34. The number of hydrogen-bond donors (Lipinski definition) is 1. The van der Waals surface area contributed by atoms with Gasteiger partial charge in [-0.2, -0.15) is 5.06 Å². The molecule has 7 rings (SSSR count). The number of aliphatic hydroxyl groups excluding tert-OH is 1. The Morgan fingerprint density at radius 3 is 3.04 bits per heavy atom. The van der Waals surface area contributed by atoms with Gasteiger partial charge in [0.1, 0.15) is 0 Å². The largest absolute Gasteiger partial charge is 0.469 e. The van der Waals surface area contributed by atoms with E-state index < -0.39 is 11.7 Å². The van der Waals surface area contributed by atoms with Crippen LogP contribution in [0.5, 0.6) is 0 Å². The lowest BCUT2D eigenvalue weighted by Crippen LogP contribution is -2.74. The Kier molecular flexibility index (Phi) is 2.68. The van der Waals surface area contributed by atoms with E-state index in [0.717, 1.165) is 23.4 Å². The molecule has 1 N–H and O–H groups in total. The van der Waals surface area contributed by atoms with E-state index in [1.165, 1.54) is 12.7 Å². The van der Waals surface area contributed by atoms with Crippen LogP contribution in [0.4, 0.5) is 5.69 Å². The SMILES string of the molecule is C/C=C1/[C@@H]2C[C@H]3C4=Nc5ccccc5C4(C4[C@@H](O)ON3[C@@H]14)[C@@H]2C(=O)OC. The van der Waals surface area contributed by atoms with Crippen LogP contribution in [0, 0.1) is 17.8 Å². The van der Waals surface area contributed by atoms with Crippen LogP contribution >= 0.6 is 0 Å². The first-order valence-corrected chi connectivity index (χ1v) is 9.20. The van der Waals surface area contributed by atoms with E-state index in [9.17, 15) is 9.90 Å². The monoisotopic (exact) mass is 352 g/mol. The number of benzene rings is 1. The summed E-state index contributed by atoms with van der Waals surface area (Å²) in [4.78, 5) is 23.9. The summed E-state index contributed by atoms with van der Waals surface area (Å²) in [6, 6.07) is 8.00. The Morgan fingerprint density at radius 1 is 1.46 bits per heavy atom. The predicted octanol–water partition coefficient (Wildman–Crippen LogP) is 1.71. The van der Waals surface area contributed by atoms with Gasteiger partial charge >= 0.3 is 5.97 Å². The second-order valence-electron chi connectivity index (χ2n) is 7.86. The van der Waals surface area contributed by atoms with Gasteiger partial charge in [0.05, 0.1) is 41.9 Å². The number of allylic oxidation sites excluding steroid dienone is 1. The molecule has 134 valence electrons. The van der Waals surface area contributed by atoms with Gasteiger partial charge in [-0.3, -0.25) is 14.6 Å². The summed E-state index contributed by atoms with van der Waals surface area (Å²) < 4.78 is 5.27. The van der Waals surface area contributed by atoms with Crippen LogP contribution in [0.3, 0.4) is 0 Å². The molecule has 26 heavy (non-hydrogen) atoms.